The molecule has 1 aliphatic heterocycles. The van der Waals surface area contributed by atoms with Gasteiger partial charge in [0.05, 0.1) is 7.11 Å². The van der Waals surface area contributed by atoms with Gasteiger partial charge < -0.3 is 14.2 Å². The maximum absolute atomic E-state index is 5.47. The van der Waals surface area contributed by atoms with Crippen molar-refractivity contribution in [3.05, 3.63) is 42.5 Å². The molecule has 1 fully saturated rings. The maximum Gasteiger partial charge on any atom is 0.230 e. The predicted octanol–water partition coefficient (Wildman–Crippen LogP) is 2.31. The monoisotopic (exact) mass is 338 g/mol. The first kappa shape index (κ1) is 15.5. The highest BCUT2D eigenvalue weighted by Gasteiger charge is 2.26. The Labute approximate surface area is 144 Å². The minimum absolute atomic E-state index is 0.242. The minimum atomic E-state index is 0.242. The van der Waals surface area contributed by atoms with Crippen LogP contribution in [-0.4, -0.2) is 45.3 Å². The van der Waals surface area contributed by atoms with E-state index in [0.29, 0.717) is 23.5 Å². The van der Waals surface area contributed by atoms with Gasteiger partial charge in [-0.1, -0.05) is 11.2 Å². The van der Waals surface area contributed by atoms with Crippen molar-refractivity contribution in [2.75, 3.05) is 25.1 Å². The van der Waals surface area contributed by atoms with Crippen LogP contribution in [0, 0.1) is 0 Å². The van der Waals surface area contributed by atoms with E-state index in [2.05, 4.69) is 30.0 Å². The number of hydrogen-bond donors (Lipinski definition) is 0. The number of ether oxygens (including phenoxy) is 1. The molecule has 3 aromatic heterocycles. The highest BCUT2D eigenvalue weighted by atomic mass is 16.5. The van der Waals surface area contributed by atoms with Crippen molar-refractivity contribution in [3.63, 3.8) is 0 Å². The summed E-state index contributed by atoms with van der Waals surface area (Å²) in [6, 6.07) is 7.39. The van der Waals surface area contributed by atoms with Gasteiger partial charge in [-0.25, -0.2) is 4.98 Å². The molecule has 0 saturated carbocycles. The van der Waals surface area contributed by atoms with Crippen molar-refractivity contribution in [1.82, 2.24) is 25.1 Å². The van der Waals surface area contributed by atoms with Crippen LogP contribution in [0.15, 0.2) is 41.2 Å². The Morgan fingerprint density at radius 2 is 1.96 bits per heavy atom. The van der Waals surface area contributed by atoms with E-state index in [1.165, 1.54) is 0 Å². The normalized spacial score (nSPS) is 15.3. The van der Waals surface area contributed by atoms with Gasteiger partial charge in [-0.05, 0) is 25.0 Å². The third kappa shape index (κ3) is 3.28. The molecule has 4 rings (SSSR count). The van der Waals surface area contributed by atoms with Gasteiger partial charge in [-0.2, -0.15) is 9.97 Å². The summed E-state index contributed by atoms with van der Waals surface area (Å²) >= 11 is 0. The van der Waals surface area contributed by atoms with Gasteiger partial charge in [-0.3, -0.25) is 4.98 Å². The molecular formula is C17H18N6O2. The smallest absolute Gasteiger partial charge is 0.230 e. The first-order chi connectivity index (χ1) is 12.3. The van der Waals surface area contributed by atoms with Crippen LogP contribution in [0.4, 0.5) is 5.95 Å². The minimum Gasteiger partial charge on any atom is -0.481 e. The number of pyridine rings is 1. The summed E-state index contributed by atoms with van der Waals surface area (Å²) in [5.74, 6) is 2.72. The van der Waals surface area contributed by atoms with Crippen LogP contribution in [0.5, 0.6) is 5.88 Å². The molecule has 0 aliphatic carbocycles. The Morgan fingerprint density at radius 3 is 2.72 bits per heavy atom. The zero-order chi connectivity index (χ0) is 17.1. The van der Waals surface area contributed by atoms with Crippen molar-refractivity contribution in [2.45, 2.75) is 18.8 Å². The lowest BCUT2D eigenvalue weighted by Crippen LogP contribution is -2.34. The van der Waals surface area contributed by atoms with Gasteiger partial charge in [0.15, 0.2) is 0 Å². The van der Waals surface area contributed by atoms with Crippen LogP contribution in [0.25, 0.3) is 11.5 Å². The zero-order valence-corrected chi connectivity index (χ0v) is 13.9. The van der Waals surface area contributed by atoms with Gasteiger partial charge in [0.2, 0.25) is 23.5 Å². The Bertz CT molecular complexity index is 830. The lowest BCUT2D eigenvalue weighted by molar-refractivity contribution is 0.328. The number of nitrogens with zero attached hydrogens (tertiary/aromatic N) is 6. The van der Waals surface area contributed by atoms with E-state index in [4.69, 9.17) is 9.26 Å². The fourth-order valence-corrected chi connectivity index (χ4v) is 2.92. The van der Waals surface area contributed by atoms with E-state index in [9.17, 15) is 0 Å². The first-order valence-electron chi connectivity index (χ1n) is 8.20. The molecule has 0 N–H and O–H groups in total. The molecule has 128 valence electrons. The van der Waals surface area contributed by atoms with E-state index >= 15 is 0 Å². The first-order valence-corrected chi connectivity index (χ1v) is 8.20. The molecule has 8 heteroatoms. The van der Waals surface area contributed by atoms with Gasteiger partial charge in [-0.15, -0.1) is 0 Å². The Kier molecular flexibility index (Phi) is 4.24. The second kappa shape index (κ2) is 6.84. The summed E-state index contributed by atoms with van der Waals surface area (Å²) in [4.78, 5) is 19.6. The van der Waals surface area contributed by atoms with Crippen molar-refractivity contribution < 1.29 is 9.26 Å². The highest BCUT2D eigenvalue weighted by molar-refractivity contribution is 5.47. The quantitative estimate of drug-likeness (QED) is 0.716. The maximum atomic E-state index is 5.47. The van der Waals surface area contributed by atoms with E-state index in [1.807, 2.05) is 18.2 Å². The zero-order valence-electron chi connectivity index (χ0n) is 13.9. The standard InChI is InChI=1S/C17H18N6O2/c1-24-14-5-9-19-17(20-14)23-10-6-12(7-11-23)16-21-15(22-25-16)13-4-2-3-8-18-13/h2-5,8-9,12H,6-7,10-11H2,1H3. The molecule has 0 aromatic carbocycles. The number of anilines is 1. The molecule has 0 spiro atoms. The molecule has 0 bridgehead atoms. The molecule has 25 heavy (non-hydrogen) atoms. The summed E-state index contributed by atoms with van der Waals surface area (Å²) in [7, 11) is 1.60. The average molecular weight is 338 g/mol. The van der Waals surface area contributed by atoms with E-state index < -0.39 is 0 Å². The van der Waals surface area contributed by atoms with Gasteiger partial charge in [0.25, 0.3) is 0 Å². The topological polar surface area (TPSA) is 90.1 Å². The van der Waals surface area contributed by atoms with Gasteiger partial charge >= 0.3 is 0 Å². The van der Waals surface area contributed by atoms with Crippen LogP contribution >= 0.6 is 0 Å². The van der Waals surface area contributed by atoms with Crippen molar-refractivity contribution in [3.8, 4) is 17.4 Å². The van der Waals surface area contributed by atoms with E-state index in [1.54, 1.807) is 25.6 Å². The number of methoxy groups -OCH3 is 1. The number of aromatic nitrogens is 5. The summed E-state index contributed by atoms with van der Waals surface area (Å²) in [5.41, 5.74) is 0.722. The largest absolute Gasteiger partial charge is 0.481 e. The van der Waals surface area contributed by atoms with Crippen LogP contribution in [0.3, 0.4) is 0 Å². The second-order valence-electron chi connectivity index (χ2n) is 5.83. The van der Waals surface area contributed by atoms with E-state index in [0.717, 1.165) is 31.6 Å². The molecule has 0 atom stereocenters. The summed E-state index contributed by atoms with van der Waals surface area (Å²) in [6.07, 6.45) is 5.25. The average Bonchev–Trinajstić information content (AvgIpc) is 3.19. The van der Waals surface area contributed by atoms with Gasteiger partial charge in [0, 0.05) is 37.5 Å². The number of hydrogen-bond acceptors (Lipinski definition) is 8. The van der Waals surface area contributed by atoms with E-state index in [-0.39, 0.29) is 5.92 Å². The molecule has 4 heterocycles. The van der Waals surface area contributed by atoms with Crippen LogP contribution in [-0.2, 0) is 0 Å². The summed E-state index contributed by atoms with van der Waals surface area (Å²) in [5, 5.41) is 4.06. The van der Waals surface area contributed by atoms with Gasteiger partial charge in [0.1, 0.15) is 5.69 Å². The Morgan fingerprint density at radius 1 is 1.08 bits per heavy atom. The lowest BCUT2D eigenvalue weighted by Gasteiger charge is -2.30. The molecule has 1 saturated heterocycles. The highest BCUT2D eigenvalue weighted by Crippen LogP contribution is 2.29. The van der Waals surface area contributed by atoms with Crippen molar-refractivity contribution in [1.29, 1.82) is 0 Å². The molecule has 0 amide bonds. The SMILES string of the molecule is COc1ccnc(N2CCC(c3nc(-c4ccccn4)no3)CC2)n1. The molecule has 3 aromatic rings. The van der Waals surface area contributed by atoms with Crippen molar-refractivity contribution in [2.24, 2.45) is 0 Å². The molecule has 8 nitrogen and oxygen atoms in total. The summed E-state index contributed by atoms with van der Waals surface area (Å²) in [6.45, 7) is 1.66. The number of rotatable bonds is 4. The van der Waals surface area contributed by atoms with Crippen molar-refractivity contribution >= 4 is 5.95 Å². The molecule has 0 radical (unpaired) electrons. The molecule has 0 unspecified atom stereocenters. The Hall–Kier alpha value is -3.03. The third-order valence-corrected chi connectivity index (χ3v) is 4.29. The predicted molar refractivity (Wildman–Crippen MR) is 90.3 cm³/mol. The lowest BCUT2D eigenvalue weighted by atomic mass is 9.97. The molecule has 1 aliphatic rings. The summed E-state index contributed by atoms with van der Waals surface area (Å²) < 4.78 is 10.6. The fraction of sp³-hybridized carbons (Fsp3) is 0.353. The van der Waals surface area contributed by atoms with Crippen LogP contribution in [0.2, 0.25) is 0 Å². The third-order valence-electron chi connectivity index (χ3n) is 4.29. The number of piperidine rings is 1. The fourth-order valence-electron chi connectivity index (χ4n) is 2.92. The van der Waals surface area contributed by atoms with Crippen LogP contribution < -0.4 is 9.64 Å². The van der Waals surface area contributed by atoms with Crippen LogP contribution in [0.1, 0.15) is 24.7 Å². The Balaban J connectivity index is 1.43. The second-order valence-corrected chi connectivity index (χ2v) is 5.83. The molecular weight excluding hydrogens is 320 g/mol.